The maximum atomic E-state index is 12.6. The molecule has 4 aromatic rings. The molecule has 2 aromatic carbocycles. The minimum Gasteiger partial charge on any atom is -0.457 e. The first-order valence-corrected chi connectivity index (χ1v) is 14.8. The van der Waals surface area contributed by atoms with Crippen molar-refractivity contribution in [2.24, 2.45) is 11.8 Å². The fraction of sp³-hybridized carbons (Fsp3) is 0.429. The Morgan fingerprint density at radius 3 is 1.54 bits per heavy atom. The first kappa shape index (κ1) is 24.3. The van der Waals surface area contributed by atoms with E-state index < -0.39 is 0 Å². The summed E-state index contributed by atoms with van der Waals surface area (Å²) in [5.41, 5.74) is 1.68. The lowest BCUT2D eigenvalue weighted by molar-refractivity contribution is -0.121. The molecular weight excluding hydrogens is 504 g/mol. The molecule has 2 amide bonds. The van der Waals surface area contributed by atoms with Crippen LogP contribution in [0.4, 0.5) is 10.3 Å². The van der Waals surface area contributed by atoms with Crippen molar-refractivity contribution < 1.29 is 14.3 Å². The van der Waals surface area contributed by atoms with Crippen LogP contribution in [-0.4, -0.2) is 21.8 Å². The van der Waals surface area contributed by atoms with E-state index in [1.54, 1.807) is 0 Å². The van der Waals surface area contributed by atoms with Crippen LogP contribution in [0.15, 0.2) is 36.4 Å². The Balaban J connectivity index is 1.13. The Labute approximate surface area is 223 Å². The third-order valence-corrected chi connectivity index (χ3v) is 9.23. The zero-order valence-corrected chi connectivity index (χ0v) is 22.3. The SMILES string of the molecule is O=C(Nc1nc2ccc(Oc3ccc4nc(NC(=O)C5CCCCC5)sc4c3)cc2s1)C1CCCCC1. The molecule has 0 aliphatic heterocycles. The largest absolute Gasteiger partial charge is 0.457 e. The minimum atomic E-state index is 0.0855. The van der Waals surface area contributed by atoms with Crippen molar-refractivity contribution in [3.8, 4) is 11.5 Å². The molecule has 9 heteroatoms. The Hall–Kier alpha value is -3.04. The monoisotopic (exact) mass is 534 g/mol. The molecule has 6 rings (SSSR count). The van der Waals surface area contributed by atoms with Gasteiger partial charge in [-0.15, -0.1) is 0 Å². The predicted octanol–water partition coefficient (Wildman–Crippen LogP) is 7.74. The van der Waals surface area contributed by atoms with Crippen LogP contribution in [0.5, 0.6) is 11.5 Å². The van der Waals surface area contributed by atoms with Crippen molar-refractivity contribution in [2.75, 3.05) is 10.6 Å². The fourth-order valence-electron chi connectivity index (χ4n) is 5.32. The van der Waals surface area contributed by atoms with Gasteiger partial charge in [0.15, 0.2) is 10.3 Å². The fourth-order valence-corrected chi connectivity index (χ4v) is 7.12. The van der Waals surface area contributed by atoms with E-state index in [4.69, 9.17) is 4.74 Å². The number of amides is 2. The average molecular weight is 535 g/mol. The molecule has 2 N–H and O–H groups in total. The second-order valence-electron chi connectivity index (χ2n) is 10.0. The molecule has 0 radical (unpaired) electrons. The zero-order chi connectivity index (χ0) is 25.2. The second-order valence-corrected chi connectivity index (χ2v) is 12.1. The van der Waals surface area contributed by atoms with Crippen LogP contribution >= 0.6 is 22.7 Å². The number of carbonyl (C=O) groups excluding carboxylic acids is 2. The molecule has 2 heterocycles. The van der Waals surface area contributed by atoms with E-state index in [1.807, 2.05) is 36.4 Å². The van der Waals surface area contributed by atoms with E-state index in [1.165, 1.54) is 35.5 Å². The highest BCUT2D eigenvalue weighted by Crippen LogP contribution is 2.35. The van der Waals surface area contributed by atoms with Crippen LogP contribution in [0.3, 0.4) is 0 Å². The summed E-state index contributed by atoms with van der Waals surface area (Å²) in [6.45, 7) is 0. The van der Waals surface area contributed by atoms with Crippen LogP contribution in [0.2, 0.25) is 0 Å². The van der Waals surface area contributed by atoms with Crippen LogP contribution in [0, 0.1) is 11.8 Å². The highest BCUT2D eigenvalue weighted by Gasteiger charge is 2.23. The Kier molecular flexibility index (Phi) is 7.06. The van der Waals surface area contributed by atoms with E-state index in [-0.39, 0.29) is 23.7 Å². The average Bonchev–Trinajstić information content (AvgIpc) is 3.51. The second kappa shape index (κ2) is 10.8. The summed E-state index contributed by atoms with van der Waals surface area (Å²) in [5.74, 6) is 1.78. The van der Waals surface area contributed by atoms with Crippen LogP contribution in [-0.2, 0) is 9.59 Å². The molecule has 37 heavy (non-hydrogen) atoms. The van der Waals surface area contributed by atoms with Gasteiger partial charge in [0, 0.05) is 24.0 Å². The number of hydrogen-bond donors (Lipinski definition) is 2. The molecule has 2 aliphatic rings. The molecule has 0 atom stereocenters. The van der Waals surface area contributed by atoms with Gasteiger partial charge in [-0.05, 0) is 49.9 Å². The number of nitrogens with one attached hydrogen (secondary N) is 2. The van der Waals surface area contributed by atoms with Crippen molar-refractivity contribution in [3.05, 3.63) is 36.4 Å². The Morgan fingerprint density at radius 2 is 1.11 bits per heavy atom. The van der Waals surface area contributed by atoms with E-state index in [0.29, 0.717) is 21.8 Å². The van der Waals surface area contributed by atoms with Crippen molar-refractivity contribution >= 4 is 65.2 Å². The van der Waals surface area contributed by atoms with Crippen LogP contribution < -0.4 is 15.4 Å². The molecule has 2 aliphatic carbocycles. The lowest BCUT2D eigenvalue weighted by atomic mass is 9.89. The van der Waals surface area contributed by atoms with Gasteiger partial charge < -0.3 is 15.4 Å². The van der Waals surface area contributed by atoms with Gasteiger partial charge in [0.25, 0.3) is 0 Å². The maximum Gasteiger partial charge on any atom is 0.229 e. The van der Waals surface area contributed by atoms with E-state index in [0.717, 1.165) is 71.8 Å². The highest BCUT2D eigenvalue weighted by atomic mass is 32.1. The van der Waals surface area contributed by atoms with Crippen molar-refractivity contribution in [1.29, 1.82) is 0 Å². The summed E-state index contributed by atoms with van der Waals surface area (Å²) in [5, 5.41) is 7.31. The number of fused-ring (bicyclic) bond motifs is 2. The molecule has 2 saturated carbocycles. The Morgan fingerprint density at radius 1 is 0.676 bits per heavy atom. The van der Waals surface area contributed by atoms with Gasteiger partial charge >= 0.3 is 0 Å². The van der Waals surface area contributed by atoms with E-state index in [2.05, 4.69) is 20.6 Å². The van der Waals surface area contributed by atoms with E-state index >= 15 is 0 Å². The summed E-state index contributed by atoms with van der Waals surface area (Å²) >= 11 is 2.93. The van der Waals surface area contributed by atoms with Crippen molar-refractivity contribution in [2.45, 2.75) is 64.2 Å². The third kappa shape index (κ3) is 5.62. The molecule has 0 bridgehead atoms. The number of thiazole rings is 2. The lowest BCUT2D eigenvalue weighted by Crippen LogP contribution is -2.24. The standard InChI is InChI=1S/C28H30N4O3S2/c33-25(17-7-3-1-4-8-17)31-27-29-21-13-11-19(15-23(21)36-27)35-20-12-14-22-24(16-20)37-28(30-22)32-26(34)18-9-5-2-6-10-18/h11-18H,1-10H2,(H,29,31,33)(H,30,32,34). The molecule has 192 valence electrons. The summed E-state index contributed by atoms with van der Waals surface area (Å²) in [4.78, 5) is 34.4. The minimum absolute atomic E-state index is 0.0855. The van der Waals surface area contributed by atoms with Crippen molar-refractivity contribution in [1.82, 2.24) is 9.97 Å². The number of ether oxygens (including phenoxy) is 1. The van der Waals surface area contributed by atoms with Gasteiger partial charge in [-0.3, -0.25) is 9.59 Å². The molecule has 0 spiro atoms. The van der Waals surface area contributed by atoms with Gasteiger partial charge in [-0.25, -0.2) is 9.97 Å². The number of aromatic nitrogens is 2. The predicted molar refractivity (Wildman–Crippen MR) is 150 cm³/mol. The van der Waals surface area contributed by atoms with Gasteiger partial charge in [0.2, 0.25) is 11.8 Å². The van der Waals surface area contributed by atoms with Gasteiger partial charge in [-0.1, -0.05) is 61.2 Å². The molecule has 2 fully saturated rings. The molecule has 2 aromatic heterocycles. The first-order chi connectivity index (χ1) is 18.1. The Bertz CT molecular complexity index is 1330. The number of rotatable bonds is 6. The van der Waals surface area contributed by atoms with E-state index in [9.17, 15) is 9.59 Å². The molecule has 7 nitrogen and oxygen atoms in total. The maximum absolute atomic E-state index is 12.6. The van der Waals surface area contributed by atoms with Crippen molar-refractivity contribution in [3.63, 3.8) is 0 Å². The summed E-state index contributed by atoms with van der Waals surface area (Å²) in [6, 6.07) is 11.5. The zero-order valence-electron chi connectivity index (χ0n) is 20.6. The normalized spacial score (nSPS) is 17.2. The van der Waals surface area contributed by atoms with Crippen LogP contribution in [0.1, 0.15) is 64.2 Å². The number of carbonyl (C=O) groups is 2. The van der Waals surface area contributed by atoms with Gasteiger partial charge in [0.1, 0.15) is 11.5 Å². The molecular formula is C28H30N4O3S2. The molecule has 0 saturated heterocycles. The summed E-state index contributed by atoms with van der Waals surface area (Å²) < 4.78 is 8.07. The quantitative estimate of drug-likeness (QED) is 0.264. The van der Waals surface area contributed by atoms with Gasteiger partial charge in [-0.2, -0.15) is 0 Å². The molecule has 0 unspecified atom stereocenters. The van der Waals surface area contributed by atoms with Gasteiger partial charge in [0.05, 0.1) is 20.4 Å². The topological polar surface area (TPSA) is 93.2 Å². The first-order valence-electron chi connectivity index (χ1n) is 13.2. The van der Waals surface area contributed by atoms with Crippen LogP contribution in [0.25, 0.3) is 20.4 Å². The highest BCUT2D eigenvalue weighted by molar-refractivity contribution is 7.22. The summed E-state index contributed by atoms with van der Waals surface area (Å²) in [7, 11) is 0. The number of hydrogen-bond acceptors (Lipinski definition) is 7. The third-order valence-electron chi connectivity index (χ3n) is 7.37. The summed E-state index contributed by atoms with van der Waals surface area (Å²) in [6.07, 6.45) is 10.8. The number of anilines is 2. The smallest absolute Gasteiger partial charge is 0.229 e. The number of nitrogens with zero attached hydrogens (tertiary/aromatic N) is 2. The lowest BCUT2D eigenvalue weighted by Gasteiger charge is -2.19. The number of benzene rings is 2.